The van der Waals surface area contributed by atoms with E-state index in [-0.39, 0.29) is 17.4 Å². The summed E-state index contributed by atoms with van der Waals surface area (Å²) in [5.74, 6) is 0.339. The van der Waals surface area contributed by atoms with E-state index in [1.165, 1.54) is 12.3 Å². The zero-order valence-corrected chi connectivity index (χ0v) is 11.9. The van der Waals surface area contributed by atoms with Crippen molar-refractivity contribution in [3.05, 3.63) is 48.1 Å². The SMILES string of the molecule is Cn1ccnc1C1CCCN(C(=O)c2ccncc2F)C1. The lowest BCUT2D eigenvalue weighted by molar-refractivity contribution is 0.0698. The summed E-state index contributed by atoms with van der Waals surface area (Å²) in [6.07, 6.45) is 8.07. The van der Waals surface area contributed by atoms with Gasteiger partial charge in [-0.15, -0.1) is 0 Å². The molecule has 1 saturated heterocycles. The summed E-state index contributed by atoms with van der Waals surface area (Å²) < 4.78 is 15.7. The number of piperidine rings is 1. The lowest BCUT2D eigenvalue weighted by Crippen LogP contribution is -2.40. The van der Waals surface area contributed by atoms with Gasteiger partial charge in [0, 0.05) is 44.6 Å². The first-order valence-electron chi connectivity index (χ1n) is 7.03. The summed E-state index contributed by atoms with van der Waals surface area (Å²) in [4.78, 5) is 22.2. The second kappa shape index (κ2) is 5.63. The normalized spacial score (nSPS) is 18.8. The van der Waals surface area contributed by atoms with Gasteiger partial charge in [-0.2, -0.15) is 0 Å². The van der Waals surface area contributed by atoms with E-state index in [9.17, 15) is 9.18 Å². The number of nitrogens with zero attached hydrogens (tertiary/aromatic N) is 4. The Morgan fingerprint density at radius 3 is 3.00 bits per heavy atom. The number of rotatable bonds is 2. The third-order valence-electron chi connectivity index (χ3n) is 3.94. The Kier molecular flexibility index (Phi) is 3.68. The van der Waals surface area contributed by atoms with Gasteiger partial charge in [0.15, 0.2) is 5.82 Å². The van der Waals surface area contributed by atoms with Crippen molar-refractivity contribution in [3.63, 3.8) is 0 Å². The molecule has 21 heavy (non-hydrogen) atoms. The van der Waals surface area contributed by atoms with E-state index in [4.69, 9.17) is 0 Å². The fourth-order valence-electron chi connectivity index (χ4n) is 2.86. The summed E-state index contributed by atoms with van der Waals surface area (Å²) in [5, 5.41) is 0. The zero-order chi connectivity index (χ0) is 14.8. The van der Waals surface area contributed by atoms with Crippen LogP contribution in [0.4, 0.5) is 4.39 Å². The van der Waals surface area contributed by atoms with Crippen LogP contribution in [0, 0.1) is 5.82 Å². The van der Waals surface area contributed by atoms with Gasteiger partial charge in [-0.25, -0.2) is 9.37 Å². The highest BCUT2D eigenvalue weighted by molar-refractivity contribution is 5.94. The van der Waals surface area contributed by atoms with E-state index >= 15 is 0 Å². The summed E-state index contributed by atoms with van der Waals surface area (Å²) in [7, 11) is 1.95. The molecule has 3 heterocycles. The maximum Gasteiger partial charge on any atom is 0.256 e. The maximum atomic E-state index is 13.7. The number of halogens is 1. The number of amides is 1. The number of pyridine rings is 1. The second-order valence-electron chi connectivity index (χ2n) is 5.34. The highest BCUT2D eigenvalue weighted by Gasteiger charge is 2.28. The number of aromatic nitrogens is 3. The second-order valence-corrected chi connectivity index (χ2v) is 5.34. The minimum absolute atomic E-state index is 0.0884. The van der Waals surface area contributed by atoms with Crippen LogP contribution >= 0.6 is 0 Å². The molecule has 0 spiro atoms. The van der Waals surface area contributed by atoms with Gasteiger partial charge in [-0.3, -0.25) is 9.78 Å². The standard InChI is InChI=1S/C15H17FN4O/c1-19-8-6-18-14(19)11-3-2-7-20(10-11)15(21)12-4-5-17-9-13(12)16/h4-6,8-9,11H,2-3,7,10H2,1H3. The average molecular weight is 288 g/mol. The molecule has 0 N–H and O–H groups in total. The first-order valence-corrected chi connectivity index (χ1v) is 7.03. The molecule has 0 bridgehead atoms. The minimum Gasteiger partial charge on any atom is -0.338 e. The summed E-state index contributed by atoms with van der Waals surface area (Å²) in [6, 6.07) is 1.43. The van der Waals surface area contributed by atoms with Crippen LogP contribution in [-0.4, -0.2) is 38.4 Å². The van der Waals surface area contributed by atoms with Gasteiger partial charge in [0.2, 0.25) is 0 Å². The molecular weight excluding hydrogens is 271 g/mol. The monoisotopic (exact) mass is 288 g/mol. The summed E-state index contributed by atoms with van der Waals surface area (Å²) in [6.45, 7) is 1.23. The third kappa shape index (κ3) is 2.66. The van der Waals surface area contributed by atoms with Crippen molar-refractivity contribution >= 4 is 5.91 Å². The van der Waals surface area contributed by atoms with Crippen LogP contribution in [0.15, 0.2) is 30.9 Å². The van der Waals surface area contributed by atoms with E-state index < -0.39 is 5.82 Å². The smallest absolute Gasteiger partial charge is 0.256 e. The lowest BCUT2D eigenvalue weighted by Gasteiger charge is -2.32. The highest BCUT2D eigenvalue weighted by atomic mass is 19.1. The van der Waals surface area contributed by atoms with Crippen LogP contribution in [0.3, 0.4) is 0 Å². The minimum atomic E-state index is -0.568. The van der Waals surface area contributed by atoms with Crippen LogP contribution < -0.4 is 0 Å². The van der Waals surface area contributed by atoms with Crippen LogP contribution in [0.25, 0.3) is 0 Å². The highest BCUT2D eigenvalue weighted by Crippen LogP contribution is 2.26. The van der Waals surface area contributed by atoms with Crippen molar-refractivity contribution in [2.45, 2.75) is 18.8 Å². The fourth-order valence-corrected chi connectivity index (χ4v) is 2.86. The van der Waals surface area contributed by atoms with Crippen molar-refractivity contribution < 1.29 is 9.18 Å². The van der Waals surface area contributed by atoms with Gasteiger partial charge >= 0.3 is 0 Å². The van der Waals surface area contributed by atoms with Gasteiger partial charge in [-0.05, 0) is 18.9 Å². The molecule has 110 valence electrons. The fraction of sp³-hybridized carbons (Fsp3) is 0.400. The zero-order valence-electron chi connectivity index (χ0n) is 11.9. The van der Waals surface area contributed by atoms with Crippen molar-refractivity contribution in [1.82, 2.24) is 19.4 Å². The molecule has 6 heteroatoms. The Bertz CT molecular complexity index is 655. The Labute approximate surface area is 122 Å². The molecule has 0 saturated carbocycles. The van der Waals surface area contributed by atoms with Crippen molar-refractivity contribution in [1.29, 1.82) is 0 Å². The summed E-state index contributed by atoms with van der Waals surface area (Å²) in [5.41, 5.74) is 0.0884. The number of hydrogen-bond acceptors (Lipinski definition) is 3. The molecule has 1 aliphatic heterocycles. The van der Waals surface area contributed by atoms with Crippen LogP contribution in [0.2, 0.25) is 0 Å². The first kappa shape index (κ1) is 13.7. The Morgan fingerprint density at radius 2 is 2.29 bits per heavy atom. The number of imidazole rings is 1. The predicted octanol–water partition coefficient (Wildman–Crippen LogP) is 1.97. The van der Waals surface area contributed by atoms with Gasteiger partial charge in [0.1, 0.15) is 5.82 Å². The van der Waals surface area contributed by atoms with Crippen molar-refractivity contribution in [2.24, 2.45) is 7.05 Å². The lowest BCUT2D eigenvalue weighted by atomic mass is 9.96. The molecule has 1 atom stereocenters. The van der Waals surface area contributed by atoms with E-state index in [0.717, 1.165) is 24.9 Å². The molecule has 5 nitrogen and oxygen atoms in total. The molecule has 1 fully saturated rings. The average Bonchev–Trinajstić information content (AvgIpc) is 2.93. The third-order valence-corrected chi connectivity index (χ3v) is 3.94. The largest absolute Gasteiger partial charge is 0.338 e. The molecule has 1 aliphatic rings. The molecule has 3 rings (SSSR count). The molecular formula is C15H17FN4O. The molecule has 1 amide bonds. The van der Waals surface area contributed by atoms with Gasteiger partial charge in [0.25, 0.3) is 5.91 Å². The Hall–Kier alpha value is -2.24. The number of carbonyl (C=O) groups is 1. The van der Waals surface area contributed by atoms with E-state index in [0.29, 0.717) is 13.1 Å². The maximum absolute atomic E-state index is 13.7. The topological polar surface area (TPSA) is 51.0 Å². The molecule has 2 aromatic heterocycles. The number of hydrogen-bond donors (Lipinski definition) is 0. The number of carbonyl (C=O) groups excluding carboxylic acids is 1. The van der Waals surface area contributed by atoms with E-state index in [1.807, 2.05) is 17.8 Å². The van der Waals surface area contributed by atoms with Gasteiger partial charge < -0.3 is 9.47 Å². The Morgan fingerprint density at radius 1 is 1.43 bits per heavy atom. The predicted molar refractivity (Wildman–Crippen MR) is 75.3 cm³/mol. The van der Waals surface area contributed by atoms with Crippen molar-refractivity contribution in [2.75, 3.05) is 13.1 Å². The van der Waals surface area contributed by atoms with Crippen LogP contribution in [-0.2, 0) is 7.05 Å². The van der Waals surface area contributed by atoms with E-state index in [2.05, 4.69) is 9.97 Å². The Balaban J connectivity index is 1.79. The number of likely N-dealkylation sites (tertiary alicyclic amines) is 1. The first-order chi connectivity index (χ1) is 10.2. The van der Waals surface area contributed by atoms with Crippen LogP contribution in [0.5, 0.6) is 0 Å². The van der Waals surface area contributed by atoms with Crippen LogP contribution in [0.1, 0.15) is 34.9 Å². The molecule has 2 aromatic rings. The molecule has 0 radical (unpaired) electrons. The molecule has 1 unspecified atom stereocenters. The van der Waals surface area contributed by atoms with E-state index in [1.54, 1.807) is 11.1 Å². The number of aryl methyl sites for hydroxylation is 1. The quantitative estimate of drug-likeness (QED) is 0.849. The molecule has 0 aromatic carbocycles. The van der Waals surface area contributed by atoms with Gasteiger partial charge in [0.05, 0.1) is 11.8 Å². The molecule has 0 aliphatic carbocycles. The summed E-state index contributed by atoms with van der Waals surface area (Å²) >= 11 is 0. The van der Waals surface area contributed by atoms with Gasteiger partial charge in [-0.1, -0.05) is 0 Å². The van der Waals surface area contributed by atoms with Crippen molar-refractivity contribution in [3.8, 4) is 0 Å².